The third-order valence-corrected chi connectivity index (χ3v) is 4.19. The lowest BCUT2D eigenvalue weighted by Gasteiger charge is -2.20. The van der Waals surface area contributed by atoms with E-state index in [9.17, 15) is 22.8 Å². The molecule has 26 heavy (non-hydrogen) atoms. The molecular formula is C18H22F3N3O2. The number of anilines is 2. The summed E-state index contributed by atoms with van der Waals surface area (Å²) in [6.07, 6.45) is 2.26. The minimum atomic E-state index is -4.54. The summed E-state index contributed by atoms with van der Waals surface area (Å²) in [7, 11) is 3.27. The first-order chi connectivity index (χ1) is 12.2. The van der Waals surface area contributed by atoms with E-state index in [-0.39, 0.29) is 11.6 Å². The Morgan fingerprint density at radius 2 is 1.92 bits per heavy atom. The molecule has 0 spiro atoms. The van der Waals surface area contributed by atoms with Crippen LogP contribution in [0.5, 0.6) is 0 Å². The average molecular weight is 369 g/mol. The Hall–Kier alpha value is -2.51. The Morgan fingerprint density at radius 1 is 1.19 bits per heavy atom. The van der Waals surface area contributed by atoms with Crippen molar-refractivity contribution in [1.82, 2.24) is 5.32 Å². The van der Waals surface area contributed by atoms with Crippen LogP contribution >= 0.6 is 0 Å². The van der Waals surface area contributed by atoms with Gasteiger partial charge in [-0.25, -0.2) is 0 Å². The highest BCUT2D eigenvalue weighted by Crippen LogP contribution is 2.34. The Kier molecular flexibility index (Phi) is 6.28. The van der Waals surface area contributed by atoms with Crippen LogP contribution in [0, 0.1) is 5.92 Å². The molecule has 1 unspecified atom stereocenters. The number of carbonyl (C=O) groups is 2. The lowest BCUT2D eigenvalue weighted by atomic mass is 9.94. The Morgan fingerprint density at radius 3 is 2.50 bits per heavy atom. The van der Waals surface area contributed by atoms with Gasteiger partial charge in [0.2, 0.25) is 0 Å². The van der Waals surface area contributed by atoms with Crippen LogP contribution in [-0.2, 0) is 15.8 Å². The van der Waals surface area contributed by atoms with Crippen molar-refractivity contribution in [2.24, 2.45) is 5.92 Å². The van der Waals surface area contributed by atoms with Crippen LogP contribution in [0.15, 0.2) is 30.4 Å². The van der Waals surface area contributed by atoms with E-state index in [2.05, 4.69) is 16.7 Å². The second-order valence-electron chi connectivity index (χ2n) is 6.44. The van der Waals surface area contributed by atoms with Gasteiger partial charge >= 0.3 is 18.0 Å². The molecule has 0 aromatic heterocycles. The minimum absolute atomic E-state index is 0.0643. The summed E-state index contributed by atoms with van der Waals surface area (Å²) in [6, 6.07) is 3.01. The molecule has 1 aromatic carbocycles. The highest BCUT2D eigenvalue weighted by atomic mass is 19.4. The molecule has 1 aliphatic carbocycles. The topological polar surface area (TPSA) is 61.4 Å². The second-order valence-corrected chi connectivity index (χ2v) is 6.44. The van der Waals surface area contributed by atoms with Crippen molar-refractivity contribution in [3.05, 3.63) is 35.9 Å². The molecule has 8 heteroatoms. The maximum absolute atomic E-state index is 12.9. The molecule has 2 amide bonds. The number of alkyl halides is 3. The zero-order valence-electron chi connectivity index (χ0n) is 14.7. The normalized spacial score (nSPS) is 16.9. The first kappa shape index (κ1) is 19.8. The van der Waals surface area contributed by atoms with E-state index in [1.807, 2.05) is 6.08 Å². The molecule has 5 nitrogen and oxygen atoms in total. The first-order valence-electron chi connectivity index (χ1n) is 8.31. The number of halogens is 3. The van der Waals surface area contributed by atoms with Crippen LogP contribution in [0.4, 0.5) is 24.5 Å². The lowest BCUT2D eigenvalue weighted by molar-refractivity contribution is -0.137. The molecule has 0 saturated heterocycles. The minimum Gasteiger partial charge on any atom is -0.376 e. The van der Waals surface area contributed by atoms with Gasteiger partial charge in [0.1, 0.15) is 0 Å². The van der Waals surface area contributed by atoms with Crippen LogP contribution in [0.25, 0.3) is 0 Å². The predicted molar refractivity (Wildman–Crippen MR) is 93.9 cm³/mol. The molecule has 0 heterocycles. The van der Waals surface area contributed by atoms with Crippen molar-refractivity contribution >= 4 is 23.2 Å². The molecule has 0 radical (unpaired) electrons. The van der Waals surface area contributed by atoms with E-state index in [0.29, 0.717) is 12.2 Å². The van der Waals surface area contributed by atoms with Gasteiger partial charge in [-0.1, -0.05) is 12.2 Å². The second kappa shape index (κ2) is 8.25. The van der Waals surface area contributed by atoms with E-state index in [0.717, 1.165) is 31.4 Å². The smallest absolute Gasteiger partial charge is 0.376 e. The first-order valence-corrected chi connectivity index (χ1v) is 8.31. The molecule has 0 fully saturated rings. The maximum atomic E-state index is 12.9. The summed E-state index contributed by atoms with van der Waals surface area (Å²) in [5.74, 6) is -1.58. The third-order valence-electron chi connectivity index (χ3n) is 4.19. The molecule has 142 valence electrons. The van der Waals surface area contributed by atoms with Gasteiger partial charge in [0.15, 0.2) is 0 Å². The zero-order chi connectivity index (χ0) is 19.3. The highest BCUT2D eigenvalue weighted by molar-refractivity contribution is 6.39. The summed E-state index contributed by atoms with van der Waals surface area (Å²) in [6.45, 7) is 0.361. The standard InChI is InChI=1S/C18H22F3N3O2/c1-24(2)15-9-8-13(18(19,20)21)10-14(15)23-17(26)16(25)22-11-12-6-4-3-5-7-12/h3-4,8-10,12H,5-7,11H2,1-2H3,(H,22,25)(H,23,26). The van der Waals surface area contributed by atoms with Gasteiger partial charge in [-0.2, -0.15) is 13.2 Å². The van der Waals surface area contributed by atoms with Crippen molar-refractivity contribution in [3.63, 3.8) is 0 Å². The summed E-state index contributed by atoms with van der Waals surface area (Å²) < 4.78 is 38.7. The molecule has 1 aromatic rings. The largest absolute Gasteiger partial charge is 0.416 e. The van der Waals surface area contributed by atoms with Crippen LogP contribution in [0.2, 0.25) is 0 Å². The van der Waals surface area contributed by atoms with Gasteiger partial charge < -0.3 is 15.5 Å². The Bertz CT molecular complexity index is 699. The van der Waals surface area contributed by atoms with Crippen molar-refractivity contribution in [3.8, 4) is 0 Å². The van der Waals surface area contributed by atoms with Crippen molar-refractivity contribution < 1.29 is 22.8 Å². The average Bonchev–Trinajstić information content (AvgIpc) is 2.59. The fourth-order valence-corrected chi connectivity index (χ4v) is 2.74. The van der Waals surface area contributed by atoms with Gasteiger partial charge in [0.25, 0.3) is 0 Å². The van der Waals surface area contributed by atoms with Gasteiger partial charge in [-0.05, 0) is 43.4 Å². The summed E-state index contributed by atoms with van der Waals surface area (Å²) in [5.41, 5.74) is -0.588. The SMILES string of the molecule is CN(C)c1ccc(C(F)(F)F)cc1NC(=O)C(=O)NCC1CC=CCC1. The molecule has 1 atom stereocenters. The third kappa shape index (κ3) is 5.24. The number of rotatable bonds is 4. The van der Waals surface area contributed by atoms with Crippen molar-refractivity contribution in [2.45, 2.75) is 25.4 Å². The van der Waals surface area contributed by atoms with E-state index < -0.39 is 23.6 Å². The molecule has 2 rings (SSSR count). The van der Waals surface area contributed by atoms with Crippen molar-refractivity contribution in [1.29, 1.82) is 0 Å². The molecule has 0 saturated carbocycles. The predicted octanol–water partition coefficient (Wildman–Crippen LogP) is 3.18. The number of carbonyl (C=O) groups excluding carboxylic acids is 2. The summed E-state index contributed by atoms with van der Waals surface area (Å²) >= 11 is 0. The monoisotopic (exact) mass is 369 g/mol. The molecule has 0 aliphatic heterocycles. The van der Waals surface area contributed by atoms with Crippen LogP contribution in [0.1, 0.15) is 24.8 Å². The van der Waals surface area contributed by atoms with E-state index >= 15 is 0 Å². The van der Waals surface area contributed by atoms with E-state index in [1.54, 1.807) is 19.0 Å². The molecular weight excluding hydrogens is 347 g/mol. The summed E-state index contributed by atoms with van der Waals surface area (Å²) in [4.78, 5) is 25.6. The number of nitrogens with zero attached hydrogens (tertiary/aromatic N) is 1. The van der Waals surface area contributed by atoms with Crippen LogP contribution in [0.3, 0.4) is 0 Å². The number of nitrogens with one attached hydrogen (secondary N) is 2. The Balaban J connectivity index is 2.06. The maximum Gasteiger partial charge on any atom is 0.416 e. The molecule has 2 N–H and O–H groups in total. The van der Waals surface area contributed by atoms with Gasteiger partial charge in [0.05, 0.1) is 16.9 Å². The lowest BCUT2D eigenvalue weighted by Crippen LogP contribution is -2.38. The highest BCUT2D eigenvalue weighted by Gasteiger charge is 2.31. The number of hydrogen-bond acceptors (Lipinski definition) is 3. The van der Waals surface area contributed by atoms with E-state index in [1.165, 1.54) is 6.07 Å². The number of hydrogen-bond donors (Lipinski definition) is 2. The van der Waals surface area contributed by atoms with Crippen LogP contribution < -0.4 is 15.5 Å². The van der Waals surface area contributed by atoms with Gasteiger partial charge in [-0.15, -0.1) is 0 Å². The number of amides is 2. The molecule has 0 bridgehead atoms. The summed E-state index contributed by atoms with van der Waals surface area (Å²) in [5, 5.41) is 4.83. The van der Waals surface area contributed by atoms with Gasteiger partial charge in [0, 0.05) is 20.6 Å². The zero-order valence-corrected chi connectivity index (χ0v) is 14.7. The number of allylic oxidation sites excluding steroid dienone is 2. The van der Waals surface area contributed by atoms with Crippen LogP contribution in [-0.4, -0.2) is 32.5 Å². The Labute approximate surface area is 150 Å². The van der Waals surface area contributed by atoms with Crippen molar-refractivity contribution in [2.75, 3.05) is 30.9 Å². The quantitative estimate of drug-likeness (QED) is 0.633. The fourth-order valence-electron chi connectivity index (χ4n) is 2.74. The fraction of sp³-hybridized carbons (Fsp3) is 0.444. The molecule has 1 aliphatic rings. The van der Waals surface area contributed by atoms with Gasteiger partial charge in [-0.3, -0.25) is 9.59 Å². The number of benzene rings is 1. The van der Waals surface area contributed by atoms with E-state index in [4.69, 9.17) is 0 Å².